The van der Waals surface area contributed by atoms with E-state index in [1.165, 1.54) is 6.07 Å². The lowest BCUT2D eigenvalue weighted by Crippen LogP contribution is -2.22. The maximum atomic E-state index is 13.4. The lowest BCUT2D eigenvalue weighted by molar-refractivity contribution is 0.489. The SMILES string of the molecule is N#C/C(=N\Nc1cc(F)c(F)c(Br)c1F)C(=N)N. The predicted octanol–water partition coefficient (Wildman–Crippen LogP) is 2.09. The Morgan fingerprint density at radius 3 is 2.56 bits per heavy atom. The summed E-state index contributed by atoms with van der Waals surface area (Å²) in [4.78, 5) is 0. The van der Waals surface area contributed by atoms with Crippen LogP contribution in [0, 0.1) is 34.2 Å². The molecule has 0 aromatic heterocycles. The maximum absolute atomic E-state index is 13.4. The molecule has 0 aliphatic heterocycles. The van der Waals surface area contributed by atoms with Crippen LogP contribution in [0.1, 0.15) is 0 Å². The van der Waals surface area contributed by atoms with Crippen LogP contribution in [0.3, 0.4) is 0 Å². The molecule has 0 unspecified atom stereocenters. The molecule has 1 aromatic rings. The van der Waals surface area contributed by atoms with Crippen molar-refractivity contribution in [2.24, 2.45) is 10.8 Å². The van der Waals surface area contributed by atoms with Crippen molar-refractivity contribution in [3.05, 3.63) is 28.0 Å². The van der Waals surface area contributed by atoms with E-state index in [0.29, 0.717) is 6.07 Å². The summed E-state index contributed by atoms with van der Waals surface area (Å²) in [5.41, 5.74) is 5.95. The Kier molecular flexibility index (Phi) is 4.28. The second kappa shape index (κ2) is 5.50. The van der Waals surface area contributed by atoms with E-state index in [1.807, 2.05) is 5.43 Å². The molecule has 0 atom stereocenters. The molecule has 0 saturated heterocycles. The van der Waals surface area contributed by atoms with E-state index in [1.54, 1.807) is 0 Å². The topological polar surface area (TPSA) is 98.0 Å². The number of benzene rings is 1. The van der Waals surface area contributed by atoms with Crippen LogP contribution in [-0.2, 0) is 0 Å². The number of anilines is 1. The van der Waals surface area contributed by atoms with Gasteiger partial charge in [-0.15, -0.1) is 0 Å². The van der Waals surface area contributed by atoms with Crippen LogP contribution in [0.15, 0.2) is 15.6 Å². The fourth-order valence-electron chi connectivity index (χ4n) is 0.916. The van der Waals surface area contributed by atoms with Gasteiger partial charge in [-0.3, -0.25) is 10.8 Å². The first-order chi connectivity index (χ1) is 8.38. The number of halogens is 4. The molecule has 18 heavy (non-hydrogen) atoms. The largest absolute Gasteiger partial charge is 0.382 e. The number of amidine groups is 1. The number of nitrogens with zero attached hydrogens (tertiary/aromatic N) is 2. The second-order valence-corrected chi connectivity index (χ2v) is 3.74. The molecule has 0 amide bonds. The summed E-state index contributed by atoms with van der Waals surface area (Å²) in [5.74, 6) is -4.46. The zero-order valence-electron chi connectivity index (χ0n) is 8.56. The monoisotopic (exact) mass is 319 g/mol. The Labute approximate surface area is 108 Å². The molecule has 0 fully saturated rings. The van der Waals surface area contributed by atoms with Gasteiger partial charge in [-0.25, -0.2) is 13.2 Å². The molecule has 0 heterocycles. The van der Waals surface area contributed by atoms with Gasteiger partial charge in [0, 0.05) is 6.07 Å². The van der Waals surface area contributed by atoms with Gasteiger partial charge in [0.2, 0.25) is 5.71 Å². The molecule has 0 aliphatic rings. The fourth-order valence-corrected chi connectivity index (χ4v) is 1.32. The number of hydrogen-bond acceptors (Lipinski definition) is 4. The Balaban J connectivity index is 3.15. The van der Waals surface area contributed by atoms with Crippen LogP contribution in [0.25, 0.3) is 0 Å². The van der Waals surface area contributed by atoms with E-state index in [2.05, 4.69) is 21.0 Å². The number of hydrazone groups is 1. The number of nitriles is 1. The number of hydrogen-bond donors (Lipinski definition) is 3. The highest BCUT2D eigenvalue weighted by molar-refractivity contribution is 9.10. The van der Waals surface area contributed by atoms with Gasteiger partial charge >= 0.3 is 0 Å². The summed E-state index contributed by atoms with van der Waals surface area (Å²) in [6, 6.07) is 1.99. The standard InChI is InChI=1S/C9H5BrF3N5/c10-6-7(12)3(11)1-4(8(6)13)17-18-5(2-14)9(15)16/h1,17H,(H3,15,16)/b18-5+. The van der Waals surface area contributed by atoms with Crippen LogP contribution in [0.4, 0.5) is 18.9 Å². The Morgan fingerprint density at radius 2 is 2.06 bits per heavy atom. The third-order valence-electron chi connectivity index (χ3n) is 1.75. The van der Waals surface area contributed by atoms with Gasteiger partial charge in [0.1, 0.15) is 6.07 Å². The summed E-state index contributed by atoms with van der Waals surface area (Å²) >= 11 is 2.52. The highest BCUT2D eigenvalue weighted by Crippen LogP contribution is 2.28. The van der Waals surface area contributed by atoms with Crippen molar-refractivity contribution in [2.45, 2.75) is 0 Å². The molecule has 94 valence electrons. The van der Waals surface area contributed by atoms with Crippen LogP contribution < -0.4 is 11.2 Å². The smallest absolute Gasteiger partial charge is 0.201 e. The predicted molar refractivity (Wildman–Crippen MR) is 62.6 cm³/mol. The lowest BCUT2D eigenvalue weighted by Gasteiger charge is -2.06. The fraction of sp³-hybridized carbons (Fsp3) is 0. The van der Waals surface area contributed by atoms with Crippen LogP contribution in [-0.4, -0.2) is 11.5 Å². The molecular formula is C9H5BrF3N5. The molecule has 1 rings (SSSR count). The van der Waals surface area contributed by atoms with Gasteiger partial charge in [0.25, 0.3) is 0 Å². The molecule has 9 heteroatoms. The Bertz CT molecular complexity index is 579. The summed E-state index contributed by atoms with van der Waals surface area (Å²) < 4.78 is 38.7. The molecule has 5 nitrogen and oxygen atoms in total. The summed E-state index contributed by atoms with van der Waals surface area (Å²) in [6.45, 7) is 0. The summed E-state index contributed by atoms with van der Waals surface area (Å²) in [5, 5.41) is 18.7. The minimum atomic E-state index is -1.38. The molecule has 4 N–H and O–H groups in total. The van der Waals surface area contributed by atoms with Crippen molar-refractivity contribution in [1.29, 1.82) is 10.7 Å². The normalized spacial score (nSPS) is 10.9. The first-order valence-electron chi connectivity index (χ1n) is 4.29. The Morgan fingerprint density at radius 1 is 1.44 bits per heavy atom. The lowest BCUT2D eigenvalue weighted by atomic mass is 10.3. The molecule has 0 aliphatic carbocycles. The minimum Gasteiger partial charge on any atom is -0.382 e. The number of rotatable bonds is 3. The quantitative estimate of drug-likeness (QED) is 0.261. The maximum Gasteiger partial charge on any atom is 0.201 e. The third-order valence-corrected chi connectivity index (χ3v) is 2.45. The third kappa shape index (κ3) is 2.78. The van der Waals surface area contributed by atoms with E-state index in [0.717, 1.165) is 0 Å². The first kappa shape index (κ1) is 14.0. The van der Waals surface area contributed by atoms with E-state index in [9.17, 15) is 13.2 Å². The minimum absolute atomic E-state index is 0.505. The van der Waals surface area contributed by atoms with Gasteiger partial charge < -0.3 is 5.73 Å². The van der Waals surface area contributed by atoms with Crippen molar-refractivity contribution < 1.29 is 13.2 Å². The van der Waals surface area contributed by atoms with Crippen molar-refractivity contribution in [3.8, 4) is 6.07 Å². The summed E-state index contributed by atoms with van der Waals surface area (Å²) in [7, 11) is 0. The first-order valence-corrected chi connectivity index (χ1v) is 5.09. The van der Waals surface area contributed by atoms with Crippen molar-refractivity contribution in [1.82, 2.24) is 0 Å². The highest BCUT2D eigenvalue weighted by atomic mass is 79.9. The van der Waals surface area contributed by atoms with E-state index in [-0.39, 0.29) is 0 Å². The van der Waals surface area contributed by atoms with Crippen LogP contribution in [0.2, 0.25) is 0 Å². The zero-order chi connectivity index (χ0) is 13.9. The number of nitrogens with two attached hydrogens (primary N) is 1. The second-order valence-electron chi connectivity index (χ2n) is 2.95. The van der Waals surface area contributed by atoms with Crippen LogP contribution >= 0.6 is 15.9 Å². The number of nitrogens with one attached hydrogen (secondary N) is 2. The zero-order valence-corrected chi connectivity index (χ0v) is 10.1. The van der Waals surface area contributed by atoms with Gasteiger partial charge in [-0.2, -0.15) is 10.4 Å². The van der Waals surface area contributed by atoms with E-state index >= 15 is 0 Å². The molecule has 1 aromatic carbocycles. The Hall–Kier alpha value is -2.08. The van der Waals surface area contributed by atoms with Crippen molar-refractivity contribution >= 4 is 33.2 Å². The molecule has 0 bridgehead atoms. The van der Waals surface area contributed by atoms with Crippen molar-refractivity contribution in [2.75, 3.05) is 5.43 Å². The van der Waals surface area contributed by atoms with Gasteiger partial charge in [-0.1, -0.05) is 0 Å². The molecule has 0 radical (unpaired) electrons. The van der Waals surface area contributed by atoms with Gasteiger partial charge in [0.15, 0.2) is 23.3 Å². The summed E-state index contributed by atoms with van der Waals surface area (Å²) in [6.07, 6.45) is 0. The van der Waals surface area contributed by atoms with Crippen molar-refractivity contribution in [3.63, 3.8) is 0 Å². The average molecular weight is 320 g/mol. The highest BCUT2D eigenvalue weighted by Gasteiger charge is 2.16. The molecule has 0 spiro atoms. The van der Waals surface area contributed by atoms with E-state index in [4.69, 9.17) is 16.4 Å². The average Bonchev–Trinajstić information content (AvgIpc) is 2.33. The van der Waals surface area contributed by atoms with Gasteiger partial charge in [-0.05, 0) is 15.9 Å². The van der Waals surface area contributed by atoms with Crippen LogP contribution in [0.5, 0.6) is 0 Å². The molecule has 0 saturated carbocycles. The van der Waals surface area contributed by atoms with Gasteiger partial charge in [0.05, 0.1) is 10.2 Å². The van der Waals surface area contributed by atoms with E-state index < -0.39 is 39.2 Å². The molecular weight excluding hydrogens is 315 g/mol.